The van der Waals surface area contributed by atoms with Crippen LogP contribution in [0.4, 0.5) is 0 Å². The van der Waals surface area contributed by atoms with Crippen LogP contribution in [-0.2, 0) is 0 Å². The molecule has 0 aliphatic rings. The van der Waals surface area contributed by atoms with Crippen LogP contribution in [0, 0.1) is 13.3 Å². The molecule has 0 heteroatoms. The average molecular weight is 124 g/mol. The van der Waals surface area contributed by atoms with Crippen molar-refractivity contribution < 1.29 is 0 Å². The molecule has 0 saturated carbocycles. The molecule has 0 aromatic rings. The van der Waals surface area contributed by atoms with Crippen LogP contribution in [0.2, 0.25) is 0 Å². The summed E-state index contributed by atoms with van der Waals surface area (Å²) in [5, 5.41) is 0. The van der Waals surface area contributed by atoms with Crippen molar-refractivity contribution in [1.29, 1.82) is 0 Å². The first-order valence-corrected chi connectivity index (χ1v) is 3.63. The molecule has 0 rings (SSSR count). The Labute approximate surface area is 59.0 Å². The van der Waals surface area contributed by atoms with Gasteiger partial charge in [0.1, 0.15) is 0 Å². The molecular weight excluding hydrogens is 108 g/mol. The molecular formula is C9H16. The van der Waals surface area contributed by atoms with Crippen LogP contribution in [-0.4, -0.2) is 0 Å². The van der Waals surface area contributed by atoms with Gasteiger partial charge < -0.3 is 0 Å². The van der Waals surface area contributed by atoms with Crippen molar-refractivity contribution >= 4 is 0 Å². The van der Waals surface area contributed by atoms with Gasteiger partial charge in [0.25, 0.3) is 0 Å². The smallest absolute Gasteiger partial charge is 0.0322 e. The molecule has 0 aliphatic heterocycles. The van der Waals surface area contributed by atoms with Gasteiger partial charge in [0, 0.05) is 0 Å². The first kappa shape index (κ1) is 8.74. The third kappa shape index (κ3) is 7.74. The Morgan fingerprint density at radius 2 is 2.00 bits per heavy atom. The topological polar surface area (TPSA) is 0 Å². The van der Waals surface area contributed by atoms with Crippen LogP contribution in [0.15, 0.2) is 12.7 Å². The number of hydrogen-bond acceptors (Lipinski definition) is 0. The molecule has 0 bridgehead atoms. The van der Waals surface area contributed by atoms with E-state index in [-0.39, 0.29) is 0 Å². The molecule has 0 saturated heterocycles. The number of allylic oxidation sites excluding steroid dienone is 1. The lowest BCUT2D eigenvalue weighted by Crippen LogP contribution is -1.76. The number of unbranched alkanes of at least 4 members (excludes halogenated alkanes) is 5. The van der Waals surface area contributed by atoms with Gasteiger partial charge in [0.2, 0.25) is 0 Å². The molecule has 0 heterocycles. The van der Waals surface area contributed by atoms with Crippen molar-refractivity contribution in [3.8, 4) is 0 Å². The van der Waals surface area contributed by atoms with Crippen LogP contribution in [0.25, 0.3) is 0 Å². The Bertz CT molecular complexity index is 55.1. The third-order valence-electron chi connectivity index (χ3n) is 1.24. The maximum Gasteiger partial charge on any atom is -0.0322 e. The molecule has 2 radical (unpaired) electrons. The van der Waals surface area contributed by atoms with E-state index in [0.717, 1.165) is 12.8 Å². The summed E-state index contributed by atoms with van der Waals surface area (Å²) >= 11 is 0. The van der Waals surface area contributed by atoms with Gasteiger partial charge in [-0.15, -0.1) is 6.58 Å². The van der Waals surface area contributed by atoms with Gasteiger partial charge in [-0.3, -0.25) is 0 Å². The van der Waals surface area contributed by atoms with Gasteiger partial charge in [0.05, 0.1) is 0 Å². The van der Waals surface area contributed by atoms with Crippen molar-refractivity contribution in [3.63, 3.8) is 0 Å². The second kappa shape index (κ2) is 7.74. The van der Waals surface area contributed by atoms with E-state index in [1.807, 2.05) is 6.08 Å². The molecule has 0 unspecified atom stereocenters. The molecule has 9 heavy (non-hydrogen) atoms. The summed E-state index contributed by atoms with van der Waals surface area (Å²) in [4.78, 5) is 0. The minimum absolute atomic E-state index is 1.05. The molecule has 0 atom stereocenters. The maximum atomic E-state index is 3.77. The summed E-state index contributed by atoms with van der Waals surface area (Å²) in [6.07, 6.45) is 10.1. The fourth-order valence-corrected chi connectivity index (χ4v) is 0.701. The van der Waals surface area contributed by atoms with Crippen molar-refractivity contribution in [3.05, 3.63) is 26.0 Å². The quantitative estimate of drug-likeness (QED) is 0.377. The third-order valence-corrected chi connectivity index (χ3v) is 1.24. The van der Waals surface area contributed by atoms with Crippen LogP contribution in [0.1, 0.15) is 32.1 Å². The second-order valence-corrected chi connectivity index (χ2v) is 2.16. The fourth-order valence-electron chi connectivity index (χ4n) is 0.701. The summed E-state index contributed by atoms with van der Waals surface area (Å²) in [5.74, 6) is 0. The summed E-state index contributed by atoms with van der Waals surface area (Å²) in [5.41, 5.74) is 0. The first-order valence-electron chi connectivity index (χ1n) is 3.63. The van der Waals surface area contributed by atoms with E-state index in [4.69, 9.17) is 0 Å². The lowest BCUT2D eigenvalue weighted by Gasteiger charge is -1.94. The zero-order chi connectivity index (χ0) is 6.95. The van der Waals surface area contributed by atoms with E-state index >= 15 is 0 Å². The Kier molecular flexibility index (Phi) is 7.52. The highest BCUT2D eigenvalue weighted by molar-refractivity contribution is 4.77. The standard InChI is InChI=1S/C9H16/c1-3-5-7-9-8-6-4-2/h3,7H,1-2,4-6,8-9H2. The normalized spacial score (nSPS) is 9.44. The Morgan fingerprint density at radius 1 is 1.22 bits per heavy atom. The zero-order valence-electron chi connectivity index (χ0n) is 6.10. The van der Waals surface area contributed by atoms with Crippen LogP contribution in [0.3, 0.4) is 0 Å². The van der Waals surface area contributed by atoms with Gasteiger partial charge in [-0.25, -0.2) is 0 Å². The second-order valence-electron chi connectivity index (χ2n) is 2.16. The minimum atomic E-state index is 1.05. The minimum Gasteiger partial charge on any atom is -0.103 e. The largest absolute Gasteiger partial charge is 0.103 e. The molecule has 0 aromatic carbocycles. The Morgan fingerprint density at radius 3 is 2.56 bits per heavy atom. The van der Waals surface area contributed by atoms with E-state index in [0.29, 0.717) is 0 Å². The van der Waals surface area contributed by atoms with Gasteiger partial charge >= 0.3 is 0 Å². The predicted molar refractivity (Wildman–Crippen MR) is 42.9 cm³/mol. The SMILES string of the molecule is [CH2]CCCC[CH]CC=C. The van der Waals surface area contributed by atoms with Gasteiger partial charge in [-0.2, -0.15) is 0 Å². The van der Waals surface area contributed by atoms with E-state index in [1.54, 1.807) is 0 Å². The monoisotopic (exact) mass is 124 g/mol. The van der Waals surface area contributed by atoms with Crippen molar-refractivity contribution in [2.45, 2.75) is 32.1 Å². The Hall–Kier alpha value is -0.260. The number of rotatable bonds is 6. The average Bonchev–Trinajstić information content (AvgIpc) is 1.89. The maximum absolute atomic E-state index is 3.77. The summed E-state index contributed by atoms with van der Waals surface area (Å²) in [7, 11) is 0. The fraction of sp³-hybridized carbons (Fsp3) is 0.556. The molecule has 0 nitrogen and oxygen atoms in total. The van der Waals surface area contributed by atoms with Crippen LogP contribution >= 0.6 is 0 Å². The molecule has 0 amide bonds. The highest BCUT2D eigenvalue weighted by atomic mass is 13.9. The summed E-state index contributed by atoms with van der Waals surface area (Å²) < 4.78 is 0. The molecule has 0 spiro atoms. The van der Waals surface area contributed by atoms with Crippen molar-refractivity contribution in [2.24, 2.45) is 0 Å². The summed E-state index contributed by atoms with van der Waals surface area (Å²) in [6, 6.07) is 0. The van der Waals surface area contributed by atoms with E-state index in [9.17, 15) is 0 Å². The lowest BCUT2D eigenvalue weighted by molar-refractivity contribution is 0.729. The predicted octanol–water partition coefficient (Wildman–Crippen LogP) is 3.16. The molecule has 0 N–H and O–H groups in total. The van der Waals surface area contributed by atoms with Gasteiger partial charge in [-0.1, -0.05) is 32.3 Å². The zero-order valence-corrected chi connectivity index (χ0v) is 6.10. The molecule has 0 aromatic heterocycles. The van der Waals surface area contributed by atoms with E-state index < -0.39 is 0 Å². The summed E-state index contributed by atoms with van der Waals surface area (Å²) in [6.45, 7) is 7.40. The van der Waals surface area contributed by atoms with Crippen LogP contribution < -0.4 is 0 Å². The van der Waals surface area contributed by atoms with Gasteiger partial charge in [-0.05, 0) is 19.3 Å². The first-order chi connectivity index (χ1) is 4.41. The highest BCUT2D eigenvalue weighted by Crippen LogP contribution is 2.03. The van der Waals surface area contributed by atoms with E-state index in [1.165, 1.54) is 19.3 Å². The van der Waals surface area contributed by atoms with Crippen molar-refractivity contribution in [1.82, 2.24) is 0 Å². The highest BCUT2D eigenvalue weighted by Gasteiger charge is 1.84. The molecule has 52 valence electrons. The lowest BCUT2D eigenvalue weighted by atomic mass is 10.1. The molecule has 0 aliphatic carbocycles. The van der Waals surface area contributed by atoms with Crippen LogP contribution in [0.5, 0.6) is 0 Å². The van der Waals surface area contributed by atoms with Gasteiger partial charge in [0.15, 0.2) is 0 Å². The number of hydrogen-bond donors (Lipinski definition) is 0. The van der Waals surface area contributed by atoms with Crippen molar-refractivity contribution in [2.75, 3.05) is 0 Å². The Balaban J connectivity index is 2.66. The van der Waals surface area contributed by atoms with E-state index in [2.05, 4.69) is 19.9 Å². The molecule has 0 fully saturated rings.